The molecule has 0 aliphatic rings. The van der Waals surface area contributed by atoms with Crippen LogP contribution in [0.25, 0.3) is 0 Å². The minimum atomic E-state index is -0.623. The van der Waals surface area contributed by atoms with Crippen molar-refractivity contribution in [3.05, 3.63) is 66.0 Å². The second kappa shape index (κ2) is 11.2. The van der Waals surface area contributed by atoms with Gasteiger partial charge in [0.15, 0.2) is 6.61 Å². The summed E-state index contributed by atoms with van der Waals surface area (Å²) in [6, 6.07) is 14.7. The minimum Gasteiger partial charge on any atom is -0.484 e. The van der Waals surface area contributed by atoms with Crippen LogP contribution in [0.2, 0.25) is 0 Å². The van der Waals surface area contributed by atoms with Crippen molar-refractivity contribution < 1.29 is 18.7 Å². The van der Waals surface area contributed by atoms with Crippen LogP contribution in [0.5, 0.6) is 5.75 Å². The van der Waals surface area contributed by atoms with Gasteiger partial charge in [0.2, 0.25) is 5.91 Å². The highest BCUT2D eigenvalue weighted by Crippen LogP contribution is 2.12. The van der Waals surface area contributed by atoms with Crippen LogP contribution >= 0.6 is 0 Å². The Morgan fingerprint density at radius 1 is 1.03 bits per heavy atom. The first kappa shape index (κ1) is 22.4. The molecule has 0 radical (unpaired) electrons. The summed E-state index contributed by atoms with van der Waals surface area (Å²) in [5, 5.41) is 2.88. The van der Waals surface area contributed by atoms with Gasteiger partial charge < -0.3 is 15.0 Å². The number of benzene rings is 2. The Kier molecular flexibility index (Phi) is 8.65. The molecule has 1 atom stereocenters. The number of hydrogen-bond donors (Lipinski definition) is 1. The summed E-state index contributed by atoms with van der Waals surface area (Å²) in [7, 11) is 0. The van der Waals surface area contributed by atoms with Crippen molar-refractivity contribution in [1.29, 1.82) is 0 Å². The highest BCUT2D eigenvalue weighted by Gasteiger charge is 2.26. The molecule has 0 fully saturated rings. The highest BCUT2D eigenvalue weighted by atomic mass is 19.1. The number of nitrogens with zero attached hydrogens (tertiary/aromatic N) is 1. The molecule has 0 saturated heterocycles. The zero-order chi connectivity index (χ0) is 21.2. The van der Waals surface area contributed by atoms with E-state index in [4.69, 9.17) is 4.74 Å². The molecule has 0 aromatic heterocycles. The molecule has 0 aliphatic carbocycles. The molecule has 2 rings (SSSR count). The minimum absolute atomic E-state index is 0.193. The smallest absolute Gasteiger partial charge is 0.261 e. The maximum absolute atomic E-state index is 13.0. The second-order valence-electron chi connectivity index (χ2n) is 7.38. The Balaban J connectivity index is 2.03. The Hall–Kier alpha value is -2.89. The lowest BCUT2D eigenvalue weighted by Gasteiger charge is -2.29. The van der Waals surface area contributed by atoms with E-state index in [0.29, 0.717) is 31.2 Å². The van der Waals surface area contributed by atoms with Crippen LogP contribution < -0.4 is 10.1 Å². The molecule has 2 aromatic rings. The van der Waals surface area contributed by atoms with Crippen molar-refractivity contribution >= 4 is 11.8 Å². The molecule has 2 amide bonds. The number of rotatable bonds is 10. The number of ether oxygens (including phenoxy) is 1. The van der Waals surface area contributed by atoms with Crippen LogP contribution in [0.15, 0.2) is 54.6 Å². The average Bonchev–Trinajstić information content (AvgIpc) is 2.72. The first-order chi connectivity index (χ1) is 13.9. The van der Waals surface area contributed by atoms with Crippen LogP contribution in [0.3, 0.4) is 0 Å². The number of hydrogen-bond acceptors (Lipinski definition) is 3. The fraction of sp³-hybridized carbons (Fsp3) is 0.391. The van der Waals surface area contributed by atoms with Crippen LogP contribution in [0.4, 0.5) is 4.39 Å². The molecule has 1 N–H and O–H groups in total. The third kappa shape index (κ3) is 7.56. The summed E-state index contributed by atoms with van der Waals surface area (Å²) in [5.41, 5.74) is 1.08. The Labute approximate surface area is 171 Å². The first-order valence-electron chi connectivity index (χ1n) is 9.86. The molecule has 5 nitrogen and oxygen atoms in total. The van der Waals surface area contributed by atoms with Gasteiger partial charge in [-0.05, 0) is 49.1 Å². The summed E-state index contributed by atoms with van der Waals surface area (Å²) in [6.45, 7) is 6.47. The van der Waals surface area contributed by atoms with E-state index in [1.165, 1.54) is 29.2 Å². The Bertz CT molecular complexity index is 778. The van der Waals surface area contributed by atoms with Gasteiger partial charge in [0, 0.05) is 13.1 Å². The molecule has 156 valence electrons. The van der Waals surface area contributed by atoms with Gasteiger partial charge in [-0.25, -0.2) is 4.39 Å². The van der Waals surface area contributed by atoms with Gasteiger partial charge in [0.25, 0.3) is 5.91 Å². The van der Waals surface area contributed by atoms with E-state index in [1.54, 1.807) is 6.92 Å². The van der Waals surface area contributed by atoms with Crippen molar-refractivity contribution in [1.82, 2.24) is 10.2 Å². The molecule has 0 aliphatic heterocycles. The van der Waals surface area contributed by atoms with E-state index in [-0.39, 0.29) is 24.2 Å². The molecular weight excluding hydrogens is 371 g/mol. The number of carbonyl (C=O) groups is 2. The summed E-state index contributed by atoms with van der Waals surface area (Å²) in [5.74, 6) is -0.135. The lowest BCUT2D eigenvalue weighted by atomic mass is 10.1. The molecule has 0 spiro atoms. The number of halogens is 1. The molecule has 0 unspecified atom stereocenters. The molecule has 2 aromatic carbocycles. The lowest BCUT2D eigenvalue weighted by molar-refractivity contribution is -0.141. The molecule has 0 bridgehead atoms. The third-order valence-corrected chi connectivity index (χ3v) is 4.51. The maximum Gasteiger partial charge on any atom is 0.261 e. The summed E-state index contributed by atoms with van der Waals surface area (Å²) >= 11 is 0. The number of carbonyl (C=O) groups excluding carboxylic acids is 2. The Morgan fingerprint density at radius 3 is 2.31 bits per heavy atom. The predicted molar refractivity (Wildman–Crippen MR) is 111 cm³/mol. The van der Waals surface area contributed by atoms with Gasteiger partial charge in [0.05, 0.1) is 0 Å². The molecule has 0 heterocycles. The van der Waals surface area contributed by atoms with Crippen molar-refractivity contribution in [2.24, 2.45) is 5.92 Å². The average molecular weight is 400 g/mol. The summed E-state index contributed by atoms with van der Waals surface area (Å²) < 4.78 is 18.5. The van der Waals surface area contributed by atoms with Gasteiger partial charge in [-0.15, -0.1) is 0 Å². The molecule has 0 saturated carbocycles. The van der Waals surface area contributed by atoms with Crippen LogP contribution in [0.1, 0.15) is 26.3 Å². The predicted octanol–water partition coefficient (Wildman–Crippen LogP) is 3.44. The van der Waals surface area contributed by atoms with E-state index < -0.39 is 6.04 Å². The normalized spacial score (nSPS) is 11.8. The van der Waals surface area contributed by atoms with Crippen LogP contribution in [0, 0.1) is 11.7 Å². The monoisotopic (exact) mass is 400 g/mol. The van der Waals surface area contributed by atoms with Gasteiger partial charge in [-0.1, -0.05) is 44.2 Å². The van der Waals surface area contributed by atoms with Crippen LogP contribution in [-0.2, 0) is 16.0 Å². The number of amides is 2. The summed E-state index contributed by atoms with van der Waals surface area (Å²) in [4.78, 5) is 26.9. The first-order valence-corrected chi connectivity index (χ1v) is 9.86. The van der Waals surface area contributed by atoms with Gasteiger partial charge in [-0.3, -0.25) is 9.59 Å². The quantitative estimate of drug-likeness (QED) is 0.665. The van der Waals surface area contributed by atoms with Crippen molar-refractivity contribution in [2.45, 2.75) is 33.2 Å². The fourth-order valence-corrected chi connectivity index (χ4v) is 2.78. The largest absolute Gasteiger partial charge is 0.484 e. The zero-order valence-electron chi connectivity index (χ0n) is 17.2. The zero-order valence-corrected chi connectivity index (χ0v) is 17.2. The Morgan fingerprint density at radius 2 is 1.69 bits per heavy atom. The van der Waals surface area contributed by atoms with Crippen LogP contribution in [-0.4, -0.2) is 42.5 Å². The van der Waals surface area contributed by atoms with E-state index >= 15 is 0 Å². The highest BCUT2D eigenvalue weighted by molar-refractivity contribution is 5.88. The third-order valence-electron chi connectivity index (χ3n) is 4.51. The van der Waals surface area contributed by atoms with E-state index in [2.05, 4.69) is 5.32 Å². The SMILES string of the molecule is CC(C)CNC(=O)[C@@H](C)N(CCc1ccccc1)C(=O)COc1ccc(F)cc1. The van der Waals surface area contributed by atoms with E-state index in [0.717, 1.165) is 5.56 Å². The number of nitrogens with one attached hydrogen (secondary N) is 1. The summed E-state index contributed by atoms with van der Waals surface area (Å²) in [6.07, 6.45) is 0.630. The fourth-order valence-electron chi connectivity index (χ4n) is 2.78. The van der Waals surface area contributed by atoms with Crippen molar-refractivity contribution in [2.75, 3.05) is 19.7 Å². The van der Waals surface area contributed by atoms with E-state index in [9.17, 15) is 14.0 Å². The van der Waals surface area contributed by atoms with Gasteiger partial charge in [-0.2, -0.15) is 0 Å². The van der Waals surface area contributed by atoms with Crippen molar-refractivity contribution in [3.8, 4) is 5.75 Å². The molecular formula is C23H29FN2O3. The second-order valence-corrected chi connectivity index (χ2v) is 7.38. The molecule has 6 heteroatoms. The van der Waals surface area contributed by atoms with E-state index in [1.807, 2.05) is 44.2 Å². The van der Waals surface area contributed by atoms with Gasteiger partial charge in [0.1, 0.15) is 17.6 Å². The topological polar surface area (TPSA) is 58.6 Å². The standard InChI is InChI=1S/C23H29FN2O3/c1-17(2)15-25-23(28)18(3)26(14-13-19-7-5-4-6-8-19)22(27)16-29-21-11-9-20(24)10-12-21/h4-12,17-18H,13-16H2,1-3H3,(H,25,28)/t18-/m1/s1. The van der Waals surface area contributed by atoms with Crippen molar-refractivity contribution in [3.63, 3.8) is 0 Å². The maximum atomic E-state index is 13.0. The lowest BCUT2D eigenvalue weighted by Crippen LogP contribution is -2.50. The molecule has 29 heavy (non-hydrogen) atoms. The van der Waals surface area contributed by atoms with Gasteiger partial charge >= 0.3 is 0 Å².